The topological polar surface area (TPSA) is 87.7 Å². The molecule has 3 aromatic carbocycles. The molecule has 0 aliphatic heterocycles. The number of carbonyl (C=O) groups is 3. The molecule has 3 aromatic rings. The molecule has 0 aliphatic rings. The number of carbonyl (C=O) groups excluding carboxylic acids is 3. The third kappa shape index (κ3) is 11.5. The van der Waals surface area contributed by atoms with E-state index in [0.717, 1.165) is 48.8 Å². The lowest BCUT2D eigenvalue weighted by Crippen LogP contribution is -2.53. The van der Waals surface area contributed by atoms with Crippen molar-refractivity contribution in [3.8, 4) is 0 Å². The van der Waals surface area contributed by atoms with Crippen LogP contribution in [0.15, 0.2) is 72.8 Å². The summed E-state index contributed by atoms with van der Waals surface area (Å²) in [6.45, 7) is 11.7. The van der Waals surface area contributed by atoms with Gasteiger partial charge in [0.05, 0.1) is 10.7 Å². The summed E-state index contributed by atoms with van der Waals surface area (Å²) in [5.41, 5.74) is 3.14. The largest absolute Gasteiger partial charge is 0.444 e. The van der Waals surface area contributed by atoms with Crippen LogP contribution in [-0.2, 0) is 20.7 Å². The molecule has 0 saturated heterocycles. The highest BCUT2D eigenvalue weighted by molar-refractivity contribution is 6.34. The number of anilines is 1. The Morgan fingerprint density at radius 2 is 1.50 bits per heavy atom. The van der Waals surface area contributed by atoms with Crippen LogP contribution < -0.4 is 10.6 Å². The van der Waals surface area contributed by atoms with Gasteiger partial charge < -0.3 is 20.3 Å². The molecule has 2 N–H and O–H groups in total. The molecular weight excluding hydrogens is 598 g/mol. The molecule has 0 bridgehead atoms. The van der Waals surface area contributed by atoms with Crippen molar-refractivity contribution in [3.63, 3.8) is 0 Å². The fraction of sp³-hybridized carbons (Fsp3) is 0.447. The molecule has 0 aliphatic carbocycles. The van der Waals surface area contributed by atoms with E-state index in [4.69, 9.17) is 16.3 Å². The van der Waals surface area contributed by atoms with Gasteiger partial charge in [0.15, 0.2) is 0 Å². The Bertz CT molecular complexity index is 1400. The second-order valence-corrected chi connectivity index (χ2v) is 13.3. The first-order valence-electron chi connectivity index (χ1n) is 16.4. The van der Waals surface area contributed by atoms with E-state index in [1.807, 2.05) is 80.6 Å². The van der Waals surface area contributed by atoms with Gasteiger partial charge in [-0.15, -0.1) is 0 Å². The highest BCUT2D eigenvalue weighted by Gasteiger charge is 2.36. The van der Waals surface area contributed by atoms with E-state index in [-0.39, 0.29) is 18.2 Å². The molecule has 3 amide bonds. The monoisotopic (exact) mass is 647 g/mol. The quantitative estimate of drug-likeness (QED) is 0.161. The van der Waals surface area contributed by atoms with Gasteiger partial charge in [-0.2, -0.15) is 0 Å². The Labute approximate surface area is 280 Å². The number of aryl methyl sites for hydroxylation is 2. The van der Waals surface area contributed by atoms with Crippen LogP contribution in [0.25, 0.3) is 0 Å². The van der Waals surface area contributed by atoms with E-state index in [2.05, 4.69) is 17.6 Å². The molecule has 8 heteroatoms. The van der Waals surface area contributed by atoms with Gasteiger partial charge in [0.2, 0.25) is 5.91 Å². The summed E-state index contributed by atoms with van der Waals surface area (Å²) in [4.78, 5) is 43.8. The minimum absolute atomic E-state index is 0.234. The zero-order valence-electron chi connectivity index (χ0n) is 28.2. The lowest BCUT2D eigenvalue weighted by molar-refractivity contribution is -0.140. The minimum Gasteiger partial charge on any atom is -0.444 e. The van der Waals surface area contributed by atoms with Crippen LogP contribution in [0.2, 0.25) is 5.02 Å². The van der Waals surface area contributed by atoms with E-state index in [1.165, 1.54) is 0 Å². The maximum Gasteiger partial charge on any atom is 0.408 e. The lowest BCUT2D eigenvalue weighted by atomic mass is 9.98. The minimum atomic E-state index is -0.974. The van der Waals surface area contributed by atoms with Crippen molar-refractivity contribution in [2.75, 3.05) is 11.9 Å². The summed E-state index contributed by atoms with van der Waals surface area (Å²) < 4.78 is 5.57. The van der Waals surface area contributed by atoms with Crippen molar-refractivity contribution in [1.29, 1.82) is 0 Å². The van der Waals surface area contributed by atoms with Crippen molar-refractivity contribution in [3.05, 3.63) is 100 Å². The summed E-state index contributed by atoms with van der Waals surface area (Å²) in [6, 6.07) is 20.7. The zero-order valence-corrected chi connectivity index (χ0v) is 29.0. The second-order valence-electron chi connectivity index (χ2n) is 12.9. The number of hydrogen-bond acceptors (Lipinski definition) is 4. The molecule has 0 fully saturated rings. The number of amides is 3. The summed E-state index contributed by atoms with van der Waals surface area (Å²) in [6.07, 6.45) is 5.63. The first-order valence-corrected chi connectivity index (χ1v) is 16.7. The van der Waals surface area contributed by atoms with Crippen LogP contribution in [0.4, 0.5) is 10.5 Å². The van der Waals surface area contributed by atoms with Gasteiger partial charge in [-0.1, -0.05) is 123 Å². The van der Waals surface area contributed by atoms with Crippen molar-refractivity contribution >= 4 is 35.2 Å². The first kappa shape index (κ1) is 36.6. The molecule has 0 saturated carbocycles. The predicted octanol–water partition coefficient (Wildman–Crippen LogP) is 8.96. The number of para-hydroxylation sites is 1. The molecule has 0 spiro atoms. The Hall–Kier alpha value is -3.84. The van der Waals surface area contributed by atoms with E-state index >= 15 is 0 Å². The van der Waals surface area contributed by atoms with Crippen LogP contribution in [0.5, 0.6) is 0 Å². The summed E-state index contributed by atoms with van der Waals surface area (Å²) in [7, 11) is 0. The van der Waals surface area contributed by atoms with Crippen LogP contribution in [0.1, 0.15) is 94.5 Å². The Morgan fingerprint density at radius 1 is 0.848 bits per heavy atom. The van der Waals surface area contributed by atoms with Crippen LogP contribution in [-0.4, -0.2) is 41.0 Å². The first-order chi connectivity index (χ1) is 21.9. The number of alkyl carbamates (subject to hydrolysis) is 1. The highest BCUT2D eigenvalue weighted by Crippen LogP contribution is 2.30. The van der Waals surface area contributed by atoms with E-state index < -0.39 is 23.8 Å². The zero-order chi connectivity index (χ0) is 33.7. The Morgan fingerprint density at radius 3 is 2.13 bits per heavy atom. The van der Waals surface area contributed by atoms with Gasteiger partial charge in [0.25, 0.3) is 5.91 Å². The van der Waals surface area contributed by atoms with E-state index in [0.29, 0.717) is 29.2 Å². The number of nitrogens with one attached hydrogen (secondary N) is 2. The van der Waals surface area contributed by atoms with Gasteiger partial charge in [0.1, 0.15) is 17.7 Å². The second kappa shape index (κ2) is 17.7. The Kier molecular flexibility index (Phi) is 14.1. The van der Waals surface area contributed by atoms with Gasteiger partial charge in [0, 0.05) is 13.0 Å². The Balaban J connectivity index is 2.06. The molecule has 46 heavy (non-hydrogen) atoms. The molecule has 2 atom stereocenters. The van der Waals surface area contributed by atoms with E-state index in [1.54, 1.807) is 31.7 Å². The van der Waals surface area contributed by atoms with Gasteiger partial charge in [-0.25, -0.2) is 4.79 Å². The van der Waals surface area contributed by atoms with E-state index in [9.17, 15) is 14.4 Å². The van der Waals surface area contributed by atoms with Crippen molar-refractivity contribution in [1.82, 2.24) is 10.2 Å². The fourth-order valence-electron chi connectivity index (χ4n) is 5.33. The smallest absolute Gasteiger partial charge is 0.408 e. The number of halogens is 1. The maximum absolute atomic E-state index is 14.7. The normalized spacial score (nSPS) is 12.6. The van der Waals surface area contributed by atoms with Crippen LogP contribution >= 0.6 is 11.6 Å². The lowest BCUT2D eigenvalue weighted by Gasteiger charge is -2.35. The van der Waals surface area contributed by atoms with Gasteiger partial charge in [-0.3, -0.25) is 9.59 Å². The van der Waals surface area contributed by atoms with Crippen molar-refractivity contribution < 1.29 is 19.1 Å². The predicted molar refractivity (Wildman–Crippen MR) is 187 cm³/mol. The number of hydrogen-bond donors (Lipinski definition) is 2. The number of rotatable bonds is 15. The van der Waals surface area contributed by atoms with Crippen molar-refractivity contribution in [2.24, 2.45) is 0 Å². The maximum atomic E-state index is 14.7. The van der Waals surface area contributed by atoms with Gasteiger partial charge >= 0.3 is 6.09 Å². The SMILES string of the molecule is CCCCCCCCN(C(=O)C(Cc1ccccc1)NC(=O)OC(C)(C)C)C(C(=O)Nc1c(C)cccc1Cl)c1ccc(C)cc1. The fourth-order valence-corrected chi connectivity index (χ4v) is 5.60. The molecule has 7 nitrogen and oxygen atoms in total. The molecule has 3 rings (SSSR count). The summed E-state index contributed by atoms with van der Waals surface area (Å²) >= 11 is 6.53. The molecular formula is C38H50ClN3O4. The molecule has 0 heterocycles. The molecule has 0 radical (unpaired) electrons. The molecule has 248 valence electrons. The van der Waals surface area contributed by atoms with Crippen LogP contribution in [0.3, 0.4) is 0 Å². The van der Waals surface area contributed by atoms with Crippen LogP contribution in [0, 0.1) is 13.8 Å². The third-order valence-corrected chi connectivity index (χ3v) is 8.05. The third-order valence-electron chi connectivity index (χ3n) is 7.73. The number of nitrogens with zero attached hydrogens (tertiary/aromatic N) is 1. The number of ether oxygens (including phenoxy) is 1. The number of benzene rings is 3. The molecule has 2 unspecified atom stereocenters. The van der Waals surface area contributed by atoms with Gasteiger partial charge in [-0.05, 0) is 63.8 Å². The summed E-state index contributed by atoms with van der Waals surface area (Å²) in [5.74, 6) is -0.741. The average molecular weight is 648 g/mol. The highest BCUT2D eigenvalue weighted by atomic mass is 35.5. The average Bonchev–Trinajstić information content (AvgIpc) is 3.00. The molecule has 0 aromatic heterocycles. The summed E-state index contributed by atoms with van der Waals surface area (Å²) in [5, 5.41) is 6.28. The standard InChI is InChI=1S/C38H50ClN3O4/c1-7-8-9-10-11-15-25-42(36(44)32(26-29-18-13-12-14-19-29)40-37(45)46-38(4,5)6)34(30-23-21-27(2)22-24-30)35(43)41-33-28(3)17-16-20-31(33)39/h12-14,16-24,32,34H,7-11,15,25-26H2,1-6H3,(H,40,45)(H,41,43). The van der Waals surface area contributed by atoms with Crippen molar-refractivity contribution in [2.45, 2.75) is 104 Å². The number of unbranched alkanes of at least 4 members (excludes halogenated alkanes) is 5.